The van der Waals surface area contributed by atoms with E-state index in [9.17, 15) is 9.90 Å². The normalized spacial score (nSPS) is 11.6. The lowest BCUT2D eigenvalue weighted by Crippen LogP contribution is -2.34. The summed E-state index contributed by atoms with van der Waals surface area (Å²) in [4.78, 5) is 12.5. The fourth-order valence-corrected chi connectivity index (χ4v) is 4.44. The van der Waals surface area contributed by atoms with E-state index in [4.69, 9.17) is 4.74 Å². The van der Waals surface area contributed by atoms with Crippen molar-refractivity contribution >= 4 is 23.9 Å². The SMILES string of the molecule is COc1cccc(C=NNC(=O)CSc2n[nH]c(-c3ccc(C(C)(C)C)cc3)[n+]2-c2ccccc2)c1O. The number of hydrogen-bond acceptors (Lipinski definition) is 6. The number of thioether (sulfide) groups is 1. The highest BCUT2D eigenvalue weighted by Crippen LogP contribution is 2.28. The molecule has 8 nitrogen and oxygen atoms in total. The predicted molar refractivity (Wildman–Crippen MR) is 145 cm³/mol. The van der Waals surface area contributed by atoms with Crippen LogP contribution in [0.25, 0.3) is 17.1 Å². The number of ether oxygens (including phenoxy) is 1. The molecule has 1 aromatic heterocycles. The van der Waals surface area contributed by atoms with E-state index in [2.05, 4.69) is 65.8 Å². The first kappa shape index (κ1) is 26.0. The van der Waals surface area contributed by atoms with Crippen molar-refractivity contribution in [3.8, 4) is 28.6 Å². The molecule has 0 aliphatic rings. The number of nitrogens with one attached hydrogen (secondary N) is 2. The van der Waals surface area contributed by atoms with Gasteiger partial charge in [0.2, 0.25) is 0 Å². The molecule has 1 heterocycles. The fourth-order valence-electron chi connectivity index (χ4n) is 3.68. The summed E-state index contributed by atoms with van der Waals surface area (Å²) in [5.74, 6) is 0.907. The summed E-state index contributed by atoms with van der Waals surface area (Å²) >= 11 is 1.29. The Morgan fingerprint density at radius 3 is 2.51 bits per heavy atom. The number of hydrazone groups is 1. The number of aromatic nitrogens is 3. The van der Waals surface area contributed by atoms with E-state index in [0.717, 1.165) is 17.1 Å². The molecule has 0 unspecified atom stereocenters. The van der Waals surface area contributed by atoms with Crippen molar-refractivity contribution in [3.05, 3.63) is 83.9 Å². The molecular formula is C28H30N5O3S+. The molecule has 0 bridgehead atoms. The summed E-state index contributed by atoms with van der Waals surface area (Å²) in [5.41, 5.74) is 6.15. The number of amides is 1. The number of methoxy groups -OCH3 is 1. The molecule has 0 spiro atoms. The van der Waals surface area contributed by atoms with Crippen LogP contribution >= 0.6 is 11.8 Å². The van der Waals surface area contributed by atoms with Crippen LogP contribution in [0.15, 0.2) is 83.1 Å². The zero-order chi connectivity index (χ0) is 26.4. The number of phenolic OH excluding ortho intramolecular Hbond substituents is 1. The van der Waals surface area contributed by atoms with Gasteiger partial charge in [0.15, 0.2) is 11.5 Å². The number of phenols is 1. The fraction of sp³-hybridized carbons (Fsp3) is 0.214. The minimum Gasteiger partial charge on any atom is -0.504 e. The van der Waals surface area contributed by atoms with E-state index >= 15 is 0 Å². The van der Waals surface area contributed by atoms with Gasteiger partial charge in [-0.1, -0.05) is 57.2 Å². The maximum Gasteiger partial charge on any atom is 0.342 e. The molecule has 4 rings (SSSR count). The Hall–Kier alpha value is -4.11. The van der Waals surface area contributed by atoms with Crippen LogP contribution in [-0.4, -0.2) is 40.3 Å². The summed E-state index contributed by atoms with van der Waals surface area (Å²) in [5, 5.41) is 22.4. The van der Waals surface area contributed by atoms with Crippen molar-refractivity contribution in [2.45, 2.75) is 31.3 Å². The van der Waals surface area contributed by atoms with Crippen LogP contribution in [0.3, 0.4) is 0 Å². The van der Waals surface area contributed by atoms with Crippen LogP contribution in [0, 0.1) is 0 Å². The number of aromatic hydroxyl groups is 1. The van der Waals surface area contributed by atoms with E-state index in [1.807, 2.05) is 34.9 Å². The quantitative estimate of drug-likeness (QED) is 0.137. The van der Waals surface area contributed by atoms with Gasteiger partial charge in [0.05, 0.1) is 29.7 Å². The van der Waals surface area contributed by atoms with Gasteiger partial charge in [0.1, 0.15) is 5.69 Å². The number of hydrogen-bond donors (Lipinski definition) is 3. The second-order valence-electron chi connectivity index (χ2n) is 9.33. The Labute approximate surface area is 220 Å². The molecule has 190 valence electrons. The number of carbonyl (C=O) groups is 1. The van der Waals surface area contributed by atoms with E-state index in [1.165, 1.54) is 30.6 Å². The van der Waals surface area contributed by atoms with E-state index in [-0.39, 0.29) is 22.8 Å². The van der Waals surface area contributed by atoms with Gasteiger partial charge >= 0.3 is 5.16 Å². The Bertz CT molecular complexity index is 1390. The predicted octanol–water partition coefficient (Wildman–Crippen LogP) is 4.61. The third kappa shape index (κ3) is 6.18. The largest absolute Gasteiger partial charge is 0.504 e. The second kappa shape index (κ2) is 11.3. The van der Waals surface area contributed by atoms with Crippen LogP contribution in [-0.2, 0) is 10.2 Å². The molecular weight excluding hydrogens is 486 g/mol. The first-order valence-corrected chi connectivity index (χ1v) is 12.7. The Morgan fingerprint density at radius 2 is 1.84 bits per heavy atom. The minimum atomic E-state index is -0.303. The highest BCUT2D eigenvalue weighted by Gasteiger charge is 2.25. The van der Waals surface area contributed by atoms with Crippen molar-refractivity contribution in [1.82, 2.24) is 15.6 Å². The van der Waals surface area contributed by atoms with Crippen LogP contribution < -0.4 is 14.7 Å². The number of benzene rings is 3. The molecule has 0 fully saturated rings. The Morgan fingerprint density at radius 1 is 1.11 bits per heavy atom. The molecule has 1 amide bonds. The third-order valence-electron chi connectivity index (χ3n) is 5.69. The number of para-hydroxylation sites is 2. The molecule has 4 aromatic rings. The van der Waals surface area contributed by atoms with Crippen LogP contribution in [0.2, 0.25) is 0 Å². The maximum absolute atomic E-state index is 12.5. The van der Waals surface area contributed by atoms with Crippen molar-refractivity contribution in [2.24, 2.45) is 5.10 Å². The van der Waals surface area contributed by atoms with E-state index < -0.39 is 0 Å². The van der Waals surface area contributed by atoms with Crippen LogP contribution in [0.4, 0.5) is 0 Å². The number of carbonyl (C=O) groups excluding carboxylic acids is 1. The van der Waals surface area contributed by atoms with Crippen molar-refractivity contribution in [2.75, 3.05) is 12.9 Å². The molecule has 37 heavy (non-hydrogen) atoms. The zero-order valence-corrected chi connectivity index (χ0v) is 22.0. The highest BCUT2D eigenvalue weighted by atomic mass is 32.2. The average molecular weight is 517 g/mol. The lowest BCUT2D eigenvalue weighted by atomic mass is 9.87. The van der Waals surface area contributed by atoms with Gasteiger partial charge < -0.3 is 9.84 Å². The number of nitrogens with zero attached hydrogens (tertiary/aromatic N) is 3. The van der Waals surface area contributed by atoms with Gasteiger partial charge in [0, 0.05) is 5.56 Å². The Balaban J connectivity index is 1.51. The van der Waals surface area contributed by atoms with Gasteiger partial charge in [-0.15, -0.1) is 5.10 Å². The number of aromatic amines is 1. The molecule has 0 radical (unpaired) electrons. The third-order valence-corrected chi connectivity index (χ3v) is 6.63. The van der Waals surface area contributed by atoms with Gasteiger partial charge in [-0.25, -0.2) is 5.43 Å². The molecule has 0 aliphatic carbocycles. The Kier molecular flexibility index (Phi) is 7.93. The lowest BCUT2D eigenvalue weighted by molar-refractivity contribution is -0.625. The van der Waals surface area contributed by atoms with Gasteiger partial charge in [0.25, 0.3) is 11.7 Å². The van der Waals surface area contributed by atoms with Crippen molar-refractivity contribution < 1.29 is 19.2 Å². The smallest absolute Gasteiger partial charge is 0.342 e. The summed E-state index contributed by atoms with van der Waals surface area (Å²) in [6.45, 7) is 6.56. The van der Waals surface area contributed by atoms with E-state index in [1.54, 1.807) is 18.2 Å². The van der Waals surface area contributed by atoms with Gasteiger partial charge in [-0.05, 0) is 59.1 Å². The maximum atomic E-state index is 12.5. The van der Waals surface area contributed by atoms with Crippen molar-refractivity contribution in [1.29, 1.82) is 0 Å². The van der Waals surface area contributed by atoms with Crippen LogP contribution in [0.5, 0.6) is 11.5 Å². The lowest BCUT2D eigenvalue weighted by Gasteiger charge is -2.18. The first-order chi connectivity index (χ1) is 17.8. The number of rotatable bonds is 8. The second-order valence-corrected chi connectivity index (χ2v) is 10.3. The van der Waals surface area contributed by atoms with Gasteiger partial charge in [-0.3, -0.25) is 4.79 Å². The average Bonchev–Trinajstić information content (AvgIpc) is 3.32. The highest BCUT2D eigenvalue weighted by molar-refractivity contribution is 7.99. The molecule has 0 saturated heterocycles. The van der Waals surface area contributed by atoms with E-state index in [0.29, 0.717) is 16.5 Å². The molecule has 0 saturated carbocycles. The zero-order valence-electron chi connectivity index (χ0n) is 21.2. The summed E-state index contributed by atoms with van der Waals surface area (Å²) in [6.07, 6.45) is 1.37. The molecule has 9 heteroatoms. The monoisotopic (exact) mass is 516 g/mol. The van der Waals surface area contributed by atoms with Crippen molar-refractivity contribution in [3.63, 3.8) is 0 Å². The molecule has 0 aliphatic heterocycles. The first-order valence-electron chi connectivity index (χ1n) is 11.8. The summed E-state index contributed by atoms with van der Waals surface area (Å²) in [6, 6.07) is 23.3. The van der Waals surface area contributed by atoms with Crippen LogP contribution in [0.1, 0.15) is 31.9 Å². The minimum absolute atomic E-state index is 0.0409. The topological polar surface area (TPSA) is 103 Å². The molecule has 3 N–H and O–H groups in total. The number of H-pyrrole nitrogens is 1. The standard InChI is InChI=1S/C28H29N5O3S/c1-28(2,3)21-15-13-19(14-16-21)26-31-32-27(33(26)22-10-6-5-7-11-22)37-18-24(34)30-29-17-20-9-8-12-23(36-4)25(20)35/h5-17H,18H2,1-4H3,(H2,29,30,34,35)/p+1. The summed E-state index contributed by atoms with van der Waals surface area (Å²) < 4.78 is 7.09. The molecule has 0 atom stereocenters. The molecule has 3 aromatic carbocycles. The van der Waals surface area contributed by atoms with Gasteiger partial charge in [-0.2, -0.15) is 9.67 Å². The summed E-state index contributed by atoms with van der Waals surface area (Å²) in [7, 11) is 1.47.